The smallest absolute Gasteiger partial charge is 0.308 e. The highest BCUT2D eigenvalue weighted by atomic mass is 28.4. The second-order valence-electron chi connectivity index (χ2n) is 15.1. The van der Waals surface area contributed by atoms with Gasteiger partial charge in [0.05, 0.1) is 6.10 Å². The van der Waals surface area contributed by atoms with E-state index >= 15 is 0 Å². The Balaban J connectivity index is 1.24. The van der Waals surface area contributed by atoms with Gasteiger partial charge in [0.15, 0.2) is 0 Å². The maximum absolute atomic E-state index is 12.4. The molecule has 0 N–H and O–H groups in total. The van der Waals surface area contributed by atoms with Gasteiger partial charge < -0.3 is 13.9 Å². The van der Waals surface area contributed by atoms with Crippen molar-refractivity contribution in [2.75, 3.05) is 0 Å². The molecule has 0 amide bonds. The van der Waals surface area contributed by atoms with E-state index in [1.807, 2.05) is 0 Å². The number of hydrogen-bond donors (Lipinski definition) is 0. The summed E-state index contributed by atoms with van der Waals surface area (Å²) in [5.41, 5.74) is -0.0571. The minimum atomic E-state index is -2.62. The molecule has 4 nitrogen and oxygen atoms in total. The molecule has 2 heterocycles. The lowest BCUT2D eigenvalue weighted by atomic mass is 9.46. The van der Waals surface area contributed by atoms with Gasteiger partial charge >= 0.3 is 5.97 Å². The van der Waals surface area contributed by atoms with Crippen molar-refractivity contribution in [1.29, 1.82) is 0 Å². The number of benzene rings is 2. The highest BCUT2D eigenvalue weighted by Gasteiger charge is 2.76. The number of rotatable bonds is 4. The van der Waals surface area contributed by atoms with Crippen LogP contribution >= 0.6 is 0 Å². The molecule has 1 spiro atoms. The molecule has 2 aromatic carbocycles. The first-order chi connectivity index (χ1) is 19.1. The Kier molecular flexibility index (Phi) is 6.07. The first-order valence-corrected chi connectivity index (χ1v) is 17.6. The lowest BCUT2D eigenvalue weighted by Crippen LogP contribution is -2.68. The summed E-state index contributed by atoms with van der Waals surface area (Å²) in [6.45, 7) is 12.2. The fourth-order valence-corrected chi connectivity index (χ4v) is 15.1. The van der Waals surface area contributed by atoms with E-state index < -0.39 is 8.32 Å². The second-order valence-corrected chi connectivity index (χ2v) is 19.3. The van der Waals surface area contributed by atoms with Crippen LogP contribution in [0, 0.1) is 28.6 Å². The van der Waals surface area contributed by atoms with Crippen LogP contribution in [0.25, 0.3) is 0 Å². The van der Waals surface area contributed by atoms with Crippen LogP contribution in [0.3, 0.4) is 0 Å². The minimum Gasteiger partial charge on any atom is -0.432 e. The minimum absolute atomic E-state index is 0.0166. The third-order valence-electron chi connectivity index (χ3n) is 12.4. The number of carbonyl (C=O) groups is 1. The van der Waals surface area contributed by atoms with E-state index in [4.69, 9.17) is 13.9 Å². The number of ether oxygens (including phenoxy) is 2. The molecule has 0 unspecified atom stereocenters. The fourth-order valence-electron chi connectivity index (χ4n) is 10.3. The number of esters is 1. The van der Waals surface area contributed by atoms with Crippen LogP contribution in [0.1, 0.15) is 86.0 Å². The summed E-state index contributed by atoms with van der Waals surface area (Å²) >= 11 is 0. The van der Waals surface area contributed by atoms with Gasteiger partial charge in [0.1, 0.15) is 5.60 Å². The molecule has 3 saturated carbocycles. The van der Waals surface area contributed by atoms with Crippen LogP contribution in [0.4, 0.5) is 0 Å². The number of epoxide rings is 1. The van der Waals surface area contributed by atoms with E-state index in [9.17, 15) is 4.79 Å². The van der Waals surface area contributed by atoms with E-state index in [1.54, 1.807) is 0 Å². The van der Waals surface area contributed by atoms with Crippen molar-refractivity contribution in [2.45, 2.75) is 109 Å². The fraction of sp³-hybridized carbons (Fsp3) is 0.629. The number of fused-ring (bicyclic) bond motifs is 4. The third-order valence-corrected chi connectivity index (χ3v) is 17.5. The Hall–Kier alpha value is -1.95. The largest absolute Gasteiger partial charge is 0.432 e. The number of hydrogen-bond acceptors (Lipinski definition) is 4. The quantitative estimate of drug-likeness (QED) is 0.241. The normalized spacial score (nSPS) is 40.6. The molecule has 2 saturated heterocycles. The van der Waals surface area contributed by atoms with Gasteiger partial charge in [-0.1, -0.05) is 95.3 Å². The molecule has 0 aromatic heterocycles. The third kappa shape index (κ3) is 3.59. The zero-order valence-corrected chi connectivity index (χ0v) is 26.0. The molecular formula is C35H46O4Si. The van der Waals surface area contributed by atoms with Crippen molar-refractivity contribution in [2.24, 2.45) is 28.6 Å². The molecular weight excluding hydrogens is 512 g/mol. The van der Waals surface area contributed by atoms with Crippen LogP contribution in [-0.2, 0) is 18.7 Å². The lowest BCUT2D eigenvalue weighted by molar-refractivity contribution is -0.149. The second kappa shape index (κ2) is 9.02. The maximum atomic E-state index is 12.4. The Labute approximate surface area is 241 Å². The summed E-state index contributed by atoms with van der Waals surface area (Å²) in [5.74, 6) is 1.83. The van der Waals surface area contributed by atoms with Gasteiger partial charge in [-0.2, -0.15) is 0 Å². The highest BCUT2D eigenvalue weighted by molar-refractivity contribution is 6.99. The molecule has 8 atom stereocenters. The van der Waals surface area contributed by atoms with Gasteiger partial charge in [-0.3, -0.25) is 4.79 Å². The summed E-state index contributed by atoms with van der Waals surface area (Å²) in [4.78, 5) is 12.4. The van der Waals surface area contributed by atoms with E-state index in [0.29, 0.717) is 24.2 Å². The summed E-state index contributed by atoms with van der Waals surface area (Å²) in [6, 6.07) is 22.3. The highest BCUT2D eigenvalue weighted by Crippen LogP contribution is 2.71. The summed E-state index contributed by atoms with van der Waals surface area (Å²) in [5, 5.41) is 2.74. The zero-order valence-electron chi connectivity index (χ0n) is 25.0. The summed E-state index contributed by atoms with van der Waals surface area (Å²) in [6.07, 6.45) is 8.33. The molecule has 2 aromatic rings. The van der Waals surface area contributed by atoms with Crippen molar-refractivity contribution >= 4 is 24.7 Å². The van der Waals surface area contributed by atoms with Crippen molar-refractivity contribution in [3.63, 3.8) is 0 Å². The van der Waals surface area contributed by atoms with Crippen molar-refractivity contribution < 1.29 is 18.7 Å². The van der Waals surface area contributed by atoms with Crippen LogP contribution in [0.2, 0.25) is 5.04 Å². The average molecular weight is 559 g/mol. The van der Waals surface area contributed by atoms with Crippen molar-refractivity contribution in [3.8, 4) is 0 Å². The zero-order chi connectivity index (χ0) is 28.0. The average Bonchev–Trinajstić information content (AvgIpc) is 3.55. The van der Waals surface area contributed by atoms with Crippen LogP contribution < -0.4 is 10.4 Å². The van der Waals surface area contributed by atoms with Crippen molar-refractivity contribution in [1.82, 2.24) is 0 Å². The molecule has 214 valence electrons. The van der Waals surface area contributed by atoms with Crippen molar-refractivity contribution in [3.05, 3.63) is 60.7 Å². The Morgan fingerprint density at radius 3 is 2.10 bits per heavy atom. The first kappa shape index (κ1) is 26.9. The van der Waals surface area contributed by atoms with Crippen LogP contribution in [0.5, 0.6) is 0 Å². The van der Waals surface area contributed by atoms with E-state index in [-0.39, 0.29) is 39.8 Å². The van der Waals surface area contributed by atoms with E-state index in [2.05, 4.69) is 95.3 Å². The van der Waals surface area contributed by atoms with Gasteiger partial charge in [-0.15, -0.1) is 0 Å². The predicted octanol–water partition coefficient (Wildman–Crippen LogP) is 6.61. The summed E-state index contributed by atoms with van der Waals surface area (Å²) in [7, 11) is -2.62. The van der Waals surface area contributed by atoms with Crippen LogP contribution in [0.15, 0.2) is 60.7 Å². The molecule has 5 fully saturated rings. The maximum Gasteiger partial charge on any atom is 0.308 e. The topological polar surface area (TPSA) is 48.1 Å². The molecule has 5 aliphatic rings. The molecule has 2 aliphatic heterocycles. The SMILES string of the molecule is CC(C)(C)[Si](O[C@H]1CC[C@@H]2[C@@H]3CC[C@]45O[C@@H]4OC(=O)CC[C@]5(C)[C@H]3CC[C@]12C)(c1ccccc1)c1ccccc1. The molecule has 5 heteroatoms. The van der Waals surface area contributed by atoms with Gasteiger partial charge in [-0.05, 0) is 83.5 Å². The monoisotopic (exact) mass is 558 g/mol. The van der Waals surface area contributed by atoms with Gasteiger partial charge in [0, 0.05) is 11.8 Å². The van der Waals surface area contributed by atoms with Gasteiger partial charge in [0.2, 0.25) is 6.29 Å². The standard InChI is InChI=1S/C35H46O4Si/c1-32(2,3)40(24-12-8-6-9-13-24,25-14-10-7-11-15-25)39-29-17-16-27-26-18-23-35-31(38-35)37-30(36)20-22-34(35,5)28(26)19-21-33(27,29)4/h6-15,26-29,31H,16-23H2,1-5H3/t26-,27+,28-,29-,31-,33-,34+,35-/m0/s1. The molecule has 40 heavy (non-hydrogen) atoms. The Morgan fingerprint density at radius 1 is 0.825 bits per heavy atom. The summed E-state index contributed by atoms with van der Waals surface area (Å²) < 4.78 is 19.8. The Morgan fingerprint density at radius 2 is 1.48 bits per heavy atom. The van der Waals surface area contributed by atoms with E-state index in [0.717, 1.165) is 19.3 Å². The molecule has 7 rings (SSSR count). The first-order valence-electron chi connectivity index (χ1n) is 15.7. The number of carbonyl (C=O) groups excluding carboxylic acids is 1. The van der Waals surface area contributed by atoms with E-state index in [1.165, 1.54) is 36.1 Å². The van der Waals surface area contributed by atoms with Crippen LogP contribution in [-0.4, -0.2) is 32.3 Å². The molecule has 3 aliphatic carbocycles. The molecule has 0 radical (unpaired) electrons. The Bertz CT molecular complexity index is 1230. The lowest BCUT2D eigenvalue weighted by Gasteiger charge is -2.58. The van der Waals surface area contributed by atoms with Gasteiger partial charge in [0.25, 0.3) is 8.32 Å². The molecule has 0 bridgehead atoms. The van der Waals surface area contributed by atoms with Gasteiger partial charge in [-0.25, -0.2) is 0 Å². The predicted molar refractivity (Wildman–Crippen MR) is 160 cm³/mol.